The zero-order chi connectivity index (χ0) is 21.2. The van der Waals surface area contributed by atoms with Crippen LogP contribution in [-0.2, 0) is 20.0 Å². The molecule has 0 atom stereocenters. The Bertz CT molecular complexity index is 1210. The second kappa shape index (κ2) is 8.35. The fourth-order valence-corrected chi connectivity index (χ4v) is 4.13. The summed E-state index contributed by atoms with van der Waals surface area (Å²) < 4.78 is 1.78. The highest BCUT2D eigenvalue weighted by Gasteiger charge is 2.16. The Balaban J connectivity index is 1.30. The normalized spacial score (nSPS) is 13.9. The van der Waals surface area contributed by atoms with Crippen LogP contribution >= 0.6 is 0 Å². The molecule has 7 nitrogen and oxygen atoms in total. The molecule has 5 rings (SSSR count). The number of nitrogens with zero attached hydrogens (tertiary/aromatic N) is 5. The Morgan fingerprint density at radius 1 is 1.03 bits per heavy atom. The van der Waals surface area contributed by atoms with Crippen molar-refractivity contribution < 1.29 is 0 Å². The van der Waals surface area contributed by atoms with Crippen LogP contribution in [0.5, 0.6) is 0 Å². The van der Waals surface area contributed by atoms with Gasteiger partial charge in [-0.05, 0) is 42.2 Å². The summed E-state index contributed by atoms with van der Waals surface area (Å²) in [5.74, 6) is 1.38. The maximum absolute atomic E-state index is 4.75. The van der Waals surface area contributed by atoms with Crippen molar-refractivity contribution in [2.24, 2.45) is 7.05 Å². The molecule has 0 aliphatic carbocycles. The minimum Gasteiger partial charge on any atom is -0.353 e. The average Bonchev–Trinajstić information content (AvgIpc) is 3.15. The Kier molecular flexibility index (Phi) is 5.26. The highest BCUT2D eigenvalue weighted by atomic mass is 15.3. The second-order valence-corrected chi connectivity index (χ2v) is 8.12. The maximum atomic E-state index is 4.75. The van der Waals surface area contributed by atoms with Gasteiger partial charge in [0.2, 0.25) is 5.95 Å². The molecule has 0 saturated heterocycles. The number of anilines is 3. The lowest BCUT2D eigenvalue weighted by Crippen LogP contribution is -2.34. The molecule has 0 fully saturated rings. The quantitative estimate of drug-likeness (QED) is 0.500. The summed E-state index contributed by atoms with van der Waals surface area (Å²) in [6.07, 6.45) is 2.92. The number of hydrogen-bond acceptors (Lipinski definition) is 6. The minimum absolute atomic E-state index is 0.615. The number of benzene rings is 2. The van der Waals surface area contributed by atoms with Gasteiger partial charge >= 0.3 is 0 Å². The van der Waals surface area contributed by atoms with Crippen LogP contribution in [0, 0.1) is 6.92 Å². The van der Waals surface area contributed by atoms with E-state index in [0.29, 0.717) is 5.95 Å². The Labute approximate surface area is 182 Å². The van der Waals surface area contributed by atoms with E-state index in [9.17, 15) is 0 Å². The van der Waals surface area contributed by atoms with Crippen LogP contribution in [0.2, 0.25) is 0 Å². The summed E-state index contributed by atoms with van der Waals surface area (Å²) in [5, 5.41) is 12.1. The predicted octanol–water partition coefficient (Wildman–Crippen LogP) is 3.89. The fraction of sp³-hybridized carbons (Fsp3) is 0.292. The third kappa shape index (κ3) is 4.22. The van der Waals surface area contributed by atoms with E-state index in [1.54, 1.807) is 4.68 Å². The van der Waals surface area contributed by atoms with Crippen LogP contribution in [-0.4, -0.2) is 44.3 Å². The minimum atomic E-state index is 0.615. The summed E-state index contributed by atoms with van der Waals surface area (Å²) in [4.78, 5) is 11.9. The van der Waals surface area contributed by atoms with Gasteiger partial charge in [-0.2, -0.15) is 15.1 Å². The Morgan fingerprint density at radius 2 is 1.90 bits per heavy atom. The molecule has 7 heteroatoms. The number of fused-ring (bicyclic) bond motifs is 2. The molecule has 2 N–H and O–H groups in total. The van der Waals surface area contributed by atoms with E-state index >= 15 is 0 Å². The molecule has 0 spiro atoms. The first-order chi connectivity index (χ1) is 15.2. The first-order valence-corrected chi connectivity index (χ1v) is 10.7. The summed E-state index contributed by atoms with van der Waals surface area (Å²) in [5.41, 5.74) is 5.92. The number of hydrogen-bond donors (Lipinski definition) is 2. The van der Waals surface area contributed by atoms with Crippen LogP contribution in [0.25, 0.3) is 11.0 Å². The SMILES string of the molecule is Cc1cccc(Nc2nc(NCCN3CCc4ccccc4C3)nc3c2cnn3C)c1. The van der Waals surface area contributed by atoms with Crippen LogP contribution < -0.4 is 10.6 Å². The van der Waals surface area contributed by atoms with E-state index in [0.717, 1.165) is 55.1 Å². The predicted molar refractivity (Wildman–Crippen MR) is 125 cm³/mol. The highest BCUT2D eigenvalue weighted by Crippen LogP contribution is 2.25. The molecule has 0 saturated carbocycles. The highest BCUT2D eigenvalue weighted by molar-refractivity contribution is 5.89. The topological polar surface area (TPSA) is 70.9 Å². The summed E-state index contributed by atoms with van der Waals surface area (Å²) in [6.45, 7) is 5.90. The molecule has 0 radical (unpaired) electrons. The smallest absolute Gasteiger partial charge is 0.226 e. The fourth-order valence-electron chi connectivity index (χ4n) is 4.13. The van der Waals surface area contributed by atoms with Crippen LogP contribution in [0.15, 0.2) is 54.7 Å². The third-order valence-corrected chi connectivity index (χ3v) is 5.79. The molecule has 2 aromatic carbocycles. The van der Waals surface area contributed by atoms with Gasteiger partial charge in [0.15, 0.2) is 5.65 Å². The molecular weight excluding hydrogens is 386 g/mol. The molecule has 1 aliphatic heterocycles. The molecule has 31 heavy (non-hydrogen) atoms. The molecule has 158 valence electrons. The van der Waals surface area contributed by atoms with Crippen molar-refractivity contribution in [3.63, 3.8) is 0 Å². The van der Waals surface area contributed by atoms with Gasteiger partial charge in [0, 0.05) is 38.9 Å². The molecular formula is C24H27N7. The zero-order valence-corrected chi connectivity index (χ0v) is 18.0. The molecule has 2 aromatic heterocycles. The first kappa shape index (κ1) is 19.5. The first-order valence-electron chi connectivity index (χ1n) is 10.7. The number of aryl methyl sites for hydroxylation is 2. The van der Waals surface area contributed by atoms with Crippen molar-refractivity contribution in [2.75, 3.05) is 30.3 Å². The van der Waals surface area contributed by atoms with E-state index in [1.165, 1.54) is 16.7 Å². The summed E-state index contributed by atoms with van der Waals surface area (Å²) >= 11 is 0. The number of rotatable bonds is 6. The monoisotopic (exact) mass is 413 g/mol. The van der Waals surface area contributed by atoms with Gasteiger partial charge in [0.25, 0.3) is 0 Å². The van der Waals surface area contributed by atoms with Gasteiger partial charge in [-0.15, -0.1) is 0 Å². The summed E-state index contributed by atoms with van der Waals surface area (Å²) in [7, 11) is 1.90. The maximum Gasteiger partial charge on any atom is 0.226 e. The van der Waals surface area contributed by atoms with Crippen molar-refractivity contribution >= 4 is 28.5 Å². The van der Waals surface area contributed by atoms with E-state index in [4.69, 9.17) is 9.97 Å². The lowest BCUT2D eigenvalue weighted by atomic mass is 10.00. The second-order valence-electron chi connectivity index (χ2n) is 8.12. The van der Waals surface area contributed by atoms with Gasteiger partial charge in [-0.25, -0.2) is 0 Å². The average molecular weight is 414 g/mol. The largest absolute Gasteiger partial charge is 0.353 e. The lowest BCUT2D eigenvalue weighted by Gasteiger charge is -2.28. The molecule has 0 bridgehead atoms. The summed E-state index contributed by atoms with van der Waals surface area (Å²) in [6, 6.07) is 17.0. The van der Waals surface area contributed by atoms with Crippen LogP contribution in [0.3, 0.4) is 0 Å². The van der Waals surface area contributed by atoms with E-state index in [-0.39, 0.29) is 0 Å². The molecule has 3 heterocycles. The molecule has 0 amide bonds. The van der Waals surface area contributed by atoms with Crippen molar-refractivity contribution in [3.8, 4) is 0 Å². The van der Waals surface area contributed by atoms with E-state index in [1.807, 2.05) is 25.4 Å². The van der Waals surface area contributed by atoms with Crippen molar-refractivity contribution in [3.05, 3.63) is 71.4 Å². The zero-order valence-electron chi connectivity index (χ0n) is 18.0. The lowest BCUT2D eigenvalue weighted by molar-refractivity contribution is 0.264. The van der Waals surface area contributed by atoms with Crippen molar-refractivity contribution in [1.82, 2.24) is 24.6 Å². The van der Waals surface area contributed by atoms with Crippen LogP contribution in [0.1, 0.15) is 16.7 Å². The Morgan fingerprint density at radius 3 is 2.77 bits per heavy atom. The van der Waals surface area contributed by atoms with Gasteiger partial charge in [-0.1, -0.05) is 36.4 Å². The van der Waals surface area contributed by atoms with Gasteiger partial charge < -0.3 is 10.6 Å². The molecule has 0 unspecified atom stereocenters. The Hall–Kier alpha value is -3.45. The molecule has 4 aromatic rings. The van der Waals surface area contributed by atoms with Crippen LogP contribution in [0.4, 0.5) is 17.5 Å². The van der Waals surface area contributed by atoms with Gasteiger partial charge in [0.05, 0.1) is 11.6 Å². The number of nitrogens with one attached hydrogen (secondary N) is 2. The van der Waals surface area contributed by atoms with Crippen molar-refractivity contribution in [1.29, 1.82) is 0 Å². The third-order valence-electron chi connectivity index (χ3n) is 5.79. The van der Waals surface area contributed by atoms with Crippen molar-refractivity contribution in [2.45, 2.75) is 19.9 Å². The standard InChI is InChI=1S/C24H27N7/c1-17-6-5-9-20(14-17)27-22-21-15-26-30(2)23(21)29-24(28-22)25-11-13-31-12-10-18-7-3-4-8-19(18)16-31/h3-9,14-15H,10-13,16H2,1-2H3,(H2,25,27,28,29). The van der Waals surface area contributed by atoms with Gasteiger partial charge in [-0.3, -0.25) is 9.58 Å². The molecule has 1 aliphatic rings. The van der Waals surface area contributed by atoms with E-state index in [2.05, 4.69) is 64.0 Å². The number of aromatic nitrogens is 4. The van der Waals surface area contributed by atoms with E-state index < -0.39 is 0 Å². The van der Waals surface area contributed by atoms with Gasteiger partial charge in [0.1, 0.15) is 5.82 Å².